The second-order valence-corrected chi connectivity index (χ2v) is 8.23. The zero-order chi connectivity index (χ0) is 19.3. The van der Waals surface area contributed by atoms with E-state index in [0.717, 1.165) is 0 Å². The maximum Gasteiger partial charge on any atom is 0.326 e. The molecule has 0 aliphatic rings. The molecule has 0 atom stereocenters. The molecule has 8 nitrogen and oxygen atoms in total. The van der Waals surface area contributed by atoms with Crippen molar-refractivity contribution in [2.24, 2.45) is 10.9 Å². The van der Waals surface area contributed by atoms with E-state index in [1.807, 2.05) is 0 Å². The summed E-state index contributed by atoms with van der Waals surface area (Å²) in [5.74, 6) is 0. The van der Waals surface area contributed by atoms with Crippen molar-refractivity contribution in [3.05, 3.63) is 59.7 Å². The van der Waals surface area contributed by atoms with Crippen LogP contribution in [0.25, 0.3) is 0 Å². The number of hydrogen-bond donors (Lipinski definition) is 3. The molecule has 10 heteroatoms. The van der Waals surface area contributed by atoms with E-state index in [0.29, 0.717) is 11.1 Å². The molecule has 0 radical (unpaired) electrons. The first-order valence-corrected chi connectivity index (χ1v) is 9.94. The minimum absolute atomic E-state index is 0.0544. The van der Waals surface area contributed by atoms with Gasteiger partial charge in [-0.05, 0) is 37.1 Å². The maximum absolute atomic E-state index is 11.5. The Morgan fingerprint density at radius 1 is 0.840 bits per heavy atom. The number of carbonyl (C=O) groups excluding carboxylic acids is 1. The van der Waals surface area contributed by atoms with Crippen LogP contribution in [-0.4, -0.2) is 22.9 Å². The molecular formula is C15H19N3O5S2. The summed E-state index contributed by atoms with van der Waals surface area (Å²) in [6, 6.07) is 11.8. The lowest BCUT2D eigenvalue weighted by atomic mass is 10.2. The van der Waals surface area contributed by atoms with Crippen molar-refractivity contribution >= 4 is 26.1 Å². The Kier molecular flexibility index (Phi) is 6.68. The quantitative estimate of drug-likeness (QED) is 0.720. The summed E-state index contributed by atoms with van der Waals surface area (Å²) < 4.78 is 46.3. The molecule has 2 amide bonds. The van der Waals surface area contributed by atoms with Gasteiger partial charge >= 0.3 is 6.03 Å². The Labute approximate surface area is 147 Å². The lowest BCUT2D eigenvalue weighted by molar-refractivity contribution is 0.253. The summed E-state index contributed by atoms with van der Waals surface area (Å²) in [6.45, 7) is 3.34. The van der Waals surface area contributed by atoms with Gasteiger partial charge in [-0.2, -0.15) is 0 Å². The van der Waals surface area contributed by atoms with Gasteiger partial charge < -0.3 is 5.73 Å². The topological polar surface area (TPSA) is 149 Å². The normalized spacial score (nSPS) is 11.2. The summed E-state index contributed by atoms with van der Waals surface area (Å²) in [7, 11) is -7.35. The Balaban J connectivity index is 0.000000257. The van der Waals surface area contributed by atoms with Gasteiger partial charge in [-0.1, -0.05) is 36.4 Å². The fraction of sp³-hybridized carbons (Fsp3) is 0.133. The number of amides is 2. The molecule has 0 bridgehead atoms. The predicted octanol–water partition coefficient (Wildman–Crippen LogP) is 0.994. The van der Waals surface area contributed by atoms with E-state index < -0.39 is 26.1 Å². The van der Waals surface area contributed by atoms with E-state index in [2.05, 4.69) is 0 Å². The van der Waals surface area contributed by atoms with Crippen molar-refractivity contribution in [1.29, 1.82) is 0 Å². The van der Waals surface area contributed by atoms with Crippen LogP contribution in [0, 0.1) is 13.8 Å². The Morgan fingerprint density at radius 2 is 1.24 bits per heavy atom. The number of urea groups is 1. The van der Waals surface area contributed by atoms with Gasteiger partial charge in [-0.3, -0.25) is 0 Å². The molecule has 136 valence electrons. The first-order chi connectivity index (χ1) is 11.4. The minimum Gasteiger partial charge on any atom is -0.351 e. The van der Waals surface area contributed by atoms with E-state index in [9.17, 15) is 21.6 Å². The van der Waals surface area contributed by atoms with Crippen molar-refractivity contribution in [1.82, 2.24) is 4.72 Å². The van der Waals surface area contributed by atoms with E-state index >= 15 is 0 Å². The van der Waals surface area contributed by atoms with E-state index in [-0.39, 0.29) is 9.79 Å². The first kappa shape index (κ1) is 20.6. The average molecular weight is 385 g/mol. The Morgan fingerprint density at radius 3 is 1.56 bits per heavy atom. The molecule has 0 fully saturated rings. The average Bonchev–Trinajstić information content (AvgIpc) is 2.46. The second-order valence-electron chi connectivity index (χ2n) is 5.05. The lowest BCUT2D eigenvalue weighted by Crippen LogP contribution is -2.35. The molecule has 0 saturated carbocycles. The predicted molar refractivity (Wildman–Crippen MR) is 93.6 cm³/mol. The number of nitrogens with one attached hydrogen (secondary N) is 1. The summed E-state index contributed by atoms with van der Waals surface area (Å²) in [4.78, 5) is 10.7. The number of primary sulfonamides is 1. The van der Waals surface area contributed by atoms with Gasteiger partial charge in [-0.25, -0.2) is 31.5 Å². The minimum atomic E-state index is -3.81. The van der Waals surface area contributed by atoms with Gasteiger partial charge in [0.05, 0.1) is 9.79 Å². The highest BCUT2D eigenvalue weighted by atomic mass is 32.2. The molecule has 25 heavy (non-hydrogen) atoms. The van der Waals surface area contributed by atoms with E-state index in [1.54, 1.807) is 55.0 Å². The number of primary amides is 1. The van der Waals surface area contributed by atoms with E-state index in [1.165, 1.54) is 12.1 Å². The summed E-state index contributed by atoms with van der Waals surface area (Å²) >= 11 is 0. The SMILES string of the molecule is Cc1ccccc1S(=O)(=O)NC(N)=O.Cc1ccccc1S(N)(=O)=O. The van der Waals surface area contributed by atoms with Crippen LogP contribution in [0.2, 0.25) is 0 Å². The molecule has 2 rings (SSSR count). The van der Waals surface area contributed by atoms with Crippen LogP contribution < -0.4 is 15.6 Å². The maximum atomic E-state index is 11.5. The third-order valence-electron chi connectivity index (χ3n) is 3.02. The van der Waals surface area contributed by atoms with Crippen molar-refractivity contribution in [3.8, 4) is 0 Å². The van der Waals surface area contributed by atoms with Crippen LogP contribution in [0.1, 0.15) is 11.1 Å². The third kappa shape index (κ3) is 6.18. The number of rotatable bonds is 3. The molecule has 0 saturated heterocycles. The van der Waals surface area contributed by atoms with E-state index in [4.69, 9.17) is 10.9 Å². The Bertz CT molecular complexity index is 970. The van der Waals surface area contributed by atoms with Crippen molar-refractivity contribution < 1.29 is 21.6 Å². The van der Waals surface area contributed by atoms with Gasteiger partial charge in [-0.15, -0.1) is 0 Å². The highest BCUT2D eigenvalue weighted by molar-refractivity contribution is 7.90. The van der Waals surface area contributed by atoms with Gasteiger partial charge in [0.15, 0.2) is 0 Å². The standard InChI is InChI=1S/C8H10N2O3S.C7H9NO2S/c1-6-4-2-3-5-7(6)14(12,13)10-8(9)11;1-6-4-2-3-5-7(6)11(8,9)10/h2-5H,1H3,(H3,9,10,11);2-5H,1H3,(H2,8,9,10). The zero-order valence-corrected chi connectivity index (χ0v) is 15.3. The molecular weight excluding hydrogens is 366 g/mol. The highest BCUT2D eigenvalue weighted by Crippen LogP contribution is 2.13. The molecule has 0 aliphatic heterocycles. The number of carbonyl (C=O) groups is 1. The fourth-order valence-corrected chi connectivity index (χ4v) is 3.83. The molecule has 0 unspecified atom stereocenters. The fourth-order valence-electron chi connectivity index (χ4n) is 1.92. The van der Waals surface area contributed by atoms with Crippen molar-refractivity contribution in [2.45, 2.75) is 23.6 Å². The third-order valence-corrected chi connectivity index (χ3v) is 5.60. The Hall–Kier alpha value is -2.43. The van der Waals surface area contributed by atoms with Crippen molar-refractivity contribution in [2.75, 3.05) is 0 Å². The van der Waals surface area contributed by atoms with Crippen LogP contribution in [0.4, 0.5) is 4.79 Å². The van der Waals surface area contributed by atoms with Crippen LogP contribution in [0.5, 0.6) is 0 Å². The molecule has 0 aromatic heterocycles. The van der Waals surface area contributed by atoms with Crippen LogP contribution in [-0.2, 0) is 20.0 Å². The van der Waals surface area contributed by atoms with Gasteiger partial charge in [0, 0.05) is 0 Å². The summed E-state index contributed by atoms with van der Waals surface area (Å²) in [6.07, 6.45) is 0. The number of aryl methyl sites for hydroxylation is 2. The highest BCUT2D eigenvalue weighted by Gasteiger charge is 2.17. The molecule has 0 heterocycles. The molecule has 2 aromatic rings. The van der Waals surface area contributed by atoms with Crippen LogP contribution in [0.15, 0.2) is 58.3 Å². The molecule has 0 aliphatic carbocycles. The summed E-state index contributed by atoms with van der Waals surface area (Å²) in [5.41, 5.74) is 5.97. The number of sulfonamides is 2. The van der Waals surface area contributed by atoms with Gasteiger partial charge in [0.25, 0.3) is 10.0 Å². The number of nitrogens with two attached hydrogens (primary N) is 2. The van der Waals surface area contributed by atoms with Crippen LogP contribution in [0.3, 0.4) is 0 Å². The number of benzene rings is 2. The number of hydrogen-bond acceptors (Lipinski definition) is 5. The second kappa shape index (κ2) is 8.10. The van der Waals surface area contributed by atoms with Crippen molar-refractivity contribution in [3.63, 3.8) is 0 Å². The van der Waals surface area contributed by atoms with Gasteiger partial charge in [0.1, 0.15) is 0 Å². The molecule has 5 N–H and O–H groups in total. The molecule has 2 aromatic carbocycles. The monoisotopic (exact) mass is 385 g/mol. The first-order valence-electron chi connectivity index (χ1n) is 6.91. The smallest absolute Gasteiger partial charge is 0.326 e. The molecule has 0 spiro atoms. The zero-order valence-electron chi connectivity index (χ0n) is 13.6. The van der Waals surface area contributed by atoms with Crippen LogP contribution >= 0.6 is 0 Å². The van der Waals surface area contributed by atoms with Gasteiger partial charge in [0.2, 0.25) is 10.0 Å². The lowest BCUT2D eigenvalue weighted by Gasteiger charge is -2.06. The summed E-state index contributed by atoms with van der Waals surface area (Å²) in [5, 5.41) is 4.93. The largest absolute Gasteiger partial charge is 0.351 e.